The number of H-pyrrole nitrogens is 1. The molecule has 0 fully saturated rings. The van der Waals surface area contributed by atoms with Crippen molar-refractivity contribution in [3.05, 3.63) is 23.9 Å². The molecule has 4 N–H and O–H groups in total. The first-order valence-corrected chi connectivity index (χ1v) is 4.67. The fraction of sp³-hybridized carbons (Fsp3) is 0.222. The van der Waals surface area contributed by atoms with Crippen molar-refractivity contribution >= 4 is 17.4 Å². The zero-order valence-electron chi connectivity index (χ0n) is 8.98. The number of rotatable bonds is 2. The third kappa shape index (κ3) is 1.62. The number of anilines is 2. The van der Waals surface area contributed by atoms with Gasteiger partial charge in [-0.25, -0.2) is 4.98 Å². The van der Waals surface area contributed by atoms with Crippen molar-refractivity contribution in [3.8, 4) is 0 Å². The number of carbonyl (C=O) groups is 1. The van der Waals surface area contributed by atoms with E-state index in [0.29, 0.717) is 17.2 Å². The number of aromatic amines is 1. The first kappa shape index (κ1) is 10.2. The Morgan fingerprint density at radius 2 is 2.38 bits per heavy atom. The van der Waals surface area contributed by atoms with Crippen LogP contribution in [0.2, 0.25) is 0 Å². The van der Waals surface area contributed by atoms with E-state index in [9.17, 15) is 4.79 Å². The Labute approximate surface area is 91.7 Å². The Balaban J connectivity index is 2.20. The molecule has 2 rings (SSSR count). The fourth-order valence-corrected chi connectivity index (χ4v) is 1.28. The zero-order chi connectivity index (χ0) is 11.7. The highest BCUT2D eigenvalue weighted by molar-refractivity contribution is 6.03. The van der Waals surface area contributed by atoms with Gasteiger partial charge in [0.2, 0.25) is 0 Å². The molecule has 0 saturated heterocycles. The lowest BCUT2D eigenvalue weighted by molar-refractivity contribution is 0.101. The number of aryl methyl sites for hydroxylation is 2. The SMILES string of the molecule is Cc1[nH]nc(NC(=O)c2cncn2C)c1N. The zero-order valence-corrected chi connectivity index (χ0v) is 8.98. The van der Waals surface area contributed by atoms with E-state index in [0.717, 1.165) is 5.69 Å². The van der Waals surface area contributed by atoms with Crippen molar-refractivity contribution in [1.82, 2.24) is 19.7 Å². The summed E-state index contributed by atoms with van der Waals surface area (Å²) in [4.78, 5) is 15.6. The Kier molecular flexibility index (Phi) is 2.35. The van der Waals surface area contributed by atoms with Crippen LogP contribution in [0.1, 0.15) is 16.2 Å². The molecule has 0 saturated carbocycles. The summed E-state index contributed by atoms with van der Waals surface area (Å²) in [5.74, 6) is 0.0434. The predicted molar refractivity (Wildman–Crippen MR) is 58.9 cm³/mol. The molecular weight excluding hydrogens is 208 g/mol. The first-order valence-electron chi connectivity index (χ1n) is 4.67. The van der Waals surface area contributed by atoms with Crippen LogP contribution in [0.15, 0.2) is 12.5 Å². The number of nitrogens with zero attached hydrogens (tertiary/aromatic N) is 3. The van der Waals surface area contributed by atoms with Crippen LogP contribution < -0.4 is 11.1 Å². The van der Waals surface area contributed by atoms with Crippen LogP contribution >= 0.6 is 0 Å². The number of hydrogen-bond donors (Lipinski definition) is 3. The Hall–Kier alpha value is -2.31. The highest BCUT2D eigenvalue weighted by atomic mass is 16.2. The third-order valence-electron chi connectivity index (χ3n) is 2.28. The lowest BCUT2D eigenvalue weighted by Gasteiger charge is -2.02. The van der Waals surface area contributed by atoms with Crippen LogP contribution in [0, 0.1) is 6.92 Å². The van der Waals surface area contributed by atoms with Crippen molar-refractivity contribution in [2.75, 3.05) is 11.1 Å². The molecule has 7 heteroatoms. The van der Waals surface area contributed by atoms with Crippen molar-refractivity contribution in [2.24, 2.45) is 7.05 Å². The topological polar surface area (TPSA) is 102 Å². The smallest absolute Gasteiger partial charge is 0.275 e. The van der Waals surface area contributed by atoms with E-state index < -0.39 is 0 Å². The molecule has 0 spiro atoms. The van der Waals surface area contributed by atoms with Crippen molar-refractivity contribution in [2.45, 2.75) is 6.92 Å². The predicted octanol–water partition coefficient (Wildman–Crippen LogP) is 0.286. The van der Waals surface area contributed by atoms with Crippen molar-refractivity contribution in [3.63, 3.8) is 0 Å². The molecule has 2 aromatic rings. The molecule has 0 aliphatic rings. The van der Waals surface area contributed by atoms with Gasteiger partial charge in [-0.15, -0.1) is 0 Å². The van der Waals surface area contributed by atoms with Gasteiger partial charge in [-0.1, -0.05) is 0 Å². The number of carbonyl (C=O) groups excluding carboxylic acids is 1. The molecular formula is C9H12N6O. The molecule has 0 unspecified atom stereocenters. The molecule has 16 heavy (non-hydrogen) atoms. The second kappa shape index (κ2) is 3.69. The van der Waals surface area contributed by atoms with Gasteiger partial charge in [0.1, 0.15) is 5.69 Å². The van der Waals surface area contributed by atoms with Crippen LogP contribution in [0.25, 0.3) is 0 Å². The Morgan fingerprint density at radius 3 is 2.88 bits per heavy atom. The summed E-state index contributed by atoms with van der Waals surface area (Å²) < 4.78 is 1.62. The average molecular weight is 220 g/mol. The second-order valence-electron chi connectivity index (χ2n) is 3.45. The van der Waals surface area contributed by atoms with Crippen LogP contribution in [-0.2, 0) is 7.05 Å². The molecule has 2 heterocycles. The molecule has 0 atom stereocenters. The summed E-state index contributed by atoms with van der Waals surface area (Å²) >= 11 is 0. The van der Waals surface area contributed by atoms with Crippen molar-refractivity contribution < 1.29 is 4.79 Å². The first-order chi connectivity index (χ1) is 7.59. The molecule has 7 nitrogen and oxygen atoms in total. The standard InChI is InChI=1S/C9H12N6O/c1-5-7(10)8(14-13-5)12-9(16)6-3-11-4-15(6)2/h3-4H,10H2,1-2H3,(H2,12,13,14,16). The van der Waals surface area contributed by atoms with Gasteiger partial charge in [0.15, 0.2) is 5.82 Å². The van der Waals surface area contributed by atoms with E-state index in [1.807, 2.05) is 0 Å². The minimum absolute atomic E-state index is 0.293. The van der Waals surface area contributed by atoms with Gasteiger partial charge in [-0.05, 0) is 6.92 Å². The number of hydrogen-bond acceptors (Lipinski definition) is 4. The lowest BCUT2D eigenvalue weighted by atomic mass is 10.3. The van der Waals surface area contributed by atoms with Gasteiger partial charge >= 0.3 is 0 Å². The molecule has 1 amide bonds. The van der Waals surface area contributed by atoms with Crippen LogP contribution in [0.3, 0.4) is 0 Å². The fourth-order valence-electron chi connectivity index (χ4n) is 1.28. The number of nitrogens with one attached hydrogen (secondary N) is 2. The highest BCUT2D eigenvalue weighted by Gasteiger charge is 2.14. The summed E-state index contributed by atoms with van der Waals surface area (Å²) in [6.45, 7) is 1.78. The van der Waals surface area contributed by atoms with E-state index in [1.54, 1.807) is 24.9 Å². The summed E-state index contributed by atoms with van der Waals surface area (Å²) in [6, 6.07) is 0. The molecule has 84 valence electrons. The Bertz CT molecular complexity index is 526. The van der Waals surface area contributed by atoms with E-state index >= 15 is 0 Å². The third-order valence-corrected chi connectivity index (χ3v) is 2.28. The van der Waals surface area contributed by atoms with Gasteiger partial charge in [0, 0.05) is 7.05 Å². The number of nitrogens with two attached hydrogens (primary N) is 1. The van der Waals surface area contributed by atoms with Crippen LogP contribution in [0.4, 0.5) is 11.5 Å². The molecule has 0 bridgehead atoms. The average Bonchev–Trinajstić information content (AvgIpc) is 2.79. The number of amides is 1. The number of aromatic nitrogens is 4. The quantitative estimate of drug-likeness (QED) is 0.676. The van der Waals surface area contributed by atoms with Gasteiger partial charge in [0.25, 0.3) is 5.91 Å². The maximum atomic E-state index is 11.8. The second-order valence-corrected chi connectivity index (χ2v) is 3.45. The van der Waals surface area contributed by atoms with E-state index in [1.165, 1.54) is 6.20 Å². The maximum Gasteiger partial charge on any atom is 0.275 e. The monoisotopic (exact) mass is 220 g/mol. The minimum Gasteiger partial charge on any atom is -0.394 e. The normalized spacial score (nSPS) is 10.4. The summed E-state index contributed by atoms with van der Waals surface area (Å²) in [5, 5.41) is 9.18. The largest absolute Gasteiger partial charge is 0.394 e. The van der Waals surface area contributed by atoms with E-state index in [2.05, 4.69) is 20.5 Å². The number of imidazole rings is 1. The van der Waals surface area contributed by atoms with Crippen molar-refractivity contribution in [1.29, 1.82) is 0 Å². The number of nitrogen functional groups attached to an aromatic ring is 1. The van der Waals surface area contributed by atoms with Gasteiger partial charge < -0.3 is 15.6 Å². The van der Waals surface area contributed by atoms with Crippen LogP contribution in [-0.4, -0.2) is 25.7 Å². The van der Waals surface area contributed by atoms with Gasteiger partial charge in [-0.3, -0.25) is 9.89 Å². The van der Waals surface area contributed by atoms with Gasteiger partial charge in [-0.2, -0.15) is 5.10 Å². The summed E-state index contributed by atoms with van der Waals surface area (Å²) in [7, 11) is 1.74. The molecule has 0 aliphatic heterocycles. The molecule has 2 aromatic heterocycles. The van der Waals surface area contributed by atoms with E-state index in [4.69, 9.17) is 5.73 Å². The lowest BCUT2D eigenvalue weighted by Crippen LogP contribution is -2.16. The Morgan fingerprint density at radius 1 is 1.62 bits per heavy atom. The molecule has 0 aliphatic carbocycles. The maximum absolute atomic E-state index is 11.8. The highest BCUT2D eigenvalue weighted by Crippen LogP contribution is 2.18. The minimum atomic E-state index is -0.293. The molecule has 0 aromatic carbocycles. The van der Waals surface area contributed by atoms with E-state index in [-0.39, 0.29) is 5.91 Å². The molecule has 0 radical (unpaired) electrons. The summed E-state index contributed by atoms with van der Waals surface area (Å²) in [5.41, 5.74) is 7.32. The van der Waals surface area contributed by atoms with Gasteiger partial charge in [0.05, 0.1) is 23.9 Å². The van der Waals surface area contributed by atoms with Crippen LogP contribution in [0.5, 0.6) is 0 Å². The summed E-state index contributed by atoms with van der Waals surface area (Å²) in [6.07, 6.45) is 3.03.